The summed E-state index contributed by atoms with van der Waals surface area (Å²) in [5, 5.41) is 0. The normalized spacial score (nSPS) is 11.6. The van der Waals surface area contributed by atoms with E-state index in [2.05, 4.69) is 0 Å². The number of hydrogen-bond donors (Lipinski definition) is 1. The predicted molar refractivity (Wildman–Crippen MR) is 70.8 cm³/mol. The van der Waals surface area contributed by atoms with E-state index < -0.39 is 11.7 Å². The number of rotatable bonds is 4. The summed E-state index contributed by atoms with van der Waals surface area (Å²) in [7, 11) is 0. The summed E-state index contributed by atoms with van der Waals surface area (Å²) in [5.74, 6) is 0. The molecule has 0 aliphatic rings. The fraction of sp³-hybridized carbons (Fsp3) is 0.200. The van der Waals surface area contributed by atoms with E-state index in [-0.39, 0.29) is 24.5 Å². The molecule has 0 aliphatic heterocycles. The second-order valence-electron chi connectivity index (χ2n) is 4.39. The van der Waals surface area contributed by atoms with E-state index in [0.717, 1.165) is 11.6 Å². The summed E-state index contributed by atoms with van der Waals surface area (Å²) >= 11 is 0. The number of benzene rings is 2. The Hall–Kier alpha value is -2.01. The first-order chi connectivity index (χ1) is 9.47. The van der Waals surface area contributed by atoms with Crippen LogP contribution in [0.25, 0.3) is 0 Å². The molecule has 2 N–H and O–H groups in total. The van der Waals surface area contributed by atoms with Gasteiger partial charge in [0.05, 0.1) is 18.8 Å². The third-order valence-electron chi connectivity index (χ3n) is 2.81. The molecule has 0 amide bonds. The van der Waals surface area contributed by atoms with Gasteiger partial charge in [0.2, 0.25) is 0 Å². The average Bonchev–Trinajstić information content (AvgIpc) is 2.40. The van der Waals surface area contributed by atoms with Crippen molar-refractivity contribution >= 4 is 5.69 Å². The summed E-state index contributed by atoms with van der Waals surface area (Å²) < 4.78 is 43.9. The number of halogens is 3. The van der Waals surface area contributed by atoms with Crippen LogP contribution in [0.3, 0.4) is 0 Å². The van der Waals surface area contributed by atoms with Crippen LogP contribution in [0.1, 0.15) is 16.7 Å². The number of nitrogens with two attached hydrogens (primary N) is 1. The Morgan fingerprint density at radius 1 is 0.950 bits per heavy atom. The van der Waals surface area contributed by atoms with Crippen molar-refractivity contribution in [2.75, 3.05) is 5.73 Å². The zero-order chi connectivity index (χ0) is 14.6. The van der Waals surface area contributed by atoms with Crippen LogP contribution >= 0.6 is 0 Å². The van der Waals surface area contributed by atoms with Gasteiger partial charge in [0.15, 0.2) is 0 Å². The van der Waals surface area contributed by atoms with Crippen LogP contribution < -0.4 is 5.73 Å². The predicted octanol–water partition coefficient (Wildman–Crippen LogP) is 4.00. The van der Waals surface area contributed by atoms with Crippen LogP contribution in [0, 0.1) is 0 Å². The maximum absolute atomic E-state index is 12.9. The van der Waals surface area contributed by atoms with Gasteiger partial charge in [-0.2, -0.15) is 13.2 Å². The van der Waals surface area contributed by atoms with E-state index in [1.807, 2.05) is 30.3 Å². The highest BCUT2D eigenvalue weighted by Gasteiger charge is 2.33. The van der Waals surface area contributed by atoms with E-state index in [0.29, 0.717) is 0 Å². The topological polar surface area (TPSA) is 35.2 Å². The fourth-order valence-electron chi connectivity index (χ4n) is 1.84. The molecule has 0 spiro atoms. The Kier molecular flexibility index (Phi) is 4.29. The lowest BCUT2D eigenvalue weighted by atomic mass is 10.1. The third kappa shape index (κ3) is 3.74. The molecule has 0 unspecified atom stereocenters. The van der Waals surface area contributed by atoms with Gasteiger partial charge in [-0.1, -0.05) is 36.4 Å². The molecule has 0 atom stereocenters. The van der Waals surface area contributed by atoms with Gasteiger partial charge in [-0.3, -0.25) is 0 Å². The molecule has 0 radical (unpaired) electrons. The van der Waals surface area contributed by atoms with Gasteiger partial charge in [-0.05, 0) is 23.3 Å². The molecule has 2 rings (SSSR count). The Morgan fingerprint density at radius 2 is 1.65 bits per heavy atom. The van der Waals surface area contributed by atoms with Crippen molar-refractivity contribution < 1.29 is 17.9 Å². The Balaban J connectivity index is 2.06. The first-order valence-corrected chi connectivity index (χ1v) is 6.04. The zero-order valence-corrected chi connectivity index (χ0v) is 10.7. The molecule has 0 saturated heterocycles. The lowest BCUT2D eigenvalue weighted by Crippen LogP contribution is -2.11. The molecule has 0 bridgehead atoms. The second kappa shape index (κ2) is 5.96. The second-order valence-corrected chi connectivity index (χ2v) is 4.39. The van der Waals surface area contributed by atoms with Crippen molar-refractivity contribution in [3.05, 3.63) is 65.2 Å². The molecular weight excluding hydrogens is 267 g/mol. The third-order valence-corrected chi connectivity index (χ3v) is 2.81. The molecule has 0 aromatic heterocycles. The lowest BCUT2D eigenvalue weighted by Gasteiger charge is -2.14. The van der Waals surface area contributed by atoms with Crippen LogP contribution in [0.5, 0.6) is 0 Å². The van der Waals surface area contributed by atoms with E-state index in [9.17, 15) is 13.2 Å². The summed E-state index contributed by atoms with van der Waals surface area (Å²) in [6.07, 6.45) is -4.43. The monoisotopic (exact) mass is 281 g/mol. The van der Waals surface area contributed by atoms with E-state index >= 15 is 0 Å². The SMILES string of the molecule is Nc1ccc(COCc2ccccc2)c(C(F)(F)F)c1. The quantitative estimate of drug-likeness (QED) is 0.859. The van der Waals surface area contributed by atoms with E-state index in [4.69, 9.17) is 10.5 Å². The maximum atomic E-state index is 12.9. The van der Waals surface area contributed by atoms with Crippen molar-refractivity contribution in [1.29, 1.82) is 0 Å². The smallest absolute Gasteiger partial charge is 0.399 e. The minimum atomic E-state index is -4.43. The number of ether oxygens (including phenoxy) is 1. The van der Waals surface area contributed by atoms with Gasteiger partial charge < -0.3 is 10.5 Å². The van der Waals surface area contributed by atoms with Crippen LogP contribution in [-0.4, -0.2) is 0 Å². The highest BCUT2D eigenvalue weighted by atomic mass is 19.4. The van der Waals surface area contributed by atoms with Gasteiger partial charge in [0, 0.05) is 5.69 Å². The molecule has 2 aromatic rings. The molecule has 5 heteroatoms. The van der Waals surface area contributed by atoms with Crippen LogP contribution in [0.4, 0.5) is 18.9 Å². The van der Waals surface area contributed by atoms with Crippen molar-refractivity contribution in [1.82, 2.24) is 0 Å². The fourth-order valence-corrected chi connectivity index (χ4v) is 1.84. The van der Waals surface area contributed by atoms with Gasteiger partial charge in [-0.15, -0.1) is 0 Å². The van der Waals surface area contributed by atoms with Crippen LogP contribution in [-0.2, 0) is 24.1 Å². The van der Waals surface area contributed by atoms with Gasteiger partial charge in [0.1, 0.15) is 0 Å². The molecule has 2 nitrogen and oxygen atoms in total. The summed E-state index contributed by atoms with van der Waals surface area (Å²) in [4.78, 5) is 0. The minimum Gasteiger partial charge on any atom is -0.399 e. The zero-order valence-electron chi connectivity index (χ0n) is 10.7. The molecule has 20 heavy (non-hydrogen) atoms. The van der Waals surface area contributed by atoms with Crippen molar-refractivity contribution in [2.45, 2.75) is 19.4 Å². The average molecular weight is 281 g/mol. The highest BCUT2D eigenvalue weighted by Crippen LogP contribution is 2.33. The largest absolute Gasteiger partial charge is 0.416 e. The van der Waals surface area contributed by atoms with Gasteiger partial charge in [-0.25, -0.2) is 0 Å². The van der Waals surface area contributed by atoms with Gasteiger partial charge >= 0.3 is 6.18 Å². The summed E-state index contributed by atoms with van der Waals surface area (Å²) in [6.45, 7) is 0.159. The van der Waals surface area contributed by atoms with Crippen molar-refractivity contribution in [3.8, 4) is 0 Å². The van der Waals surface area contributed by atoms with Crippen LogP contribution in [0.15, 0.2) is 48.5 Å². The maximum Gasteiger partial charge on any atom is 0.416 e. The van der Waals surface area contributed by atoms with Gasteiger partial charge in [0.25, 0.3) is 0 Å². The molecule has 0 saturated carbocycles. The first-order valence-electron chi connectivity index (χ1n) is 6.04. The van der Waals surface area contributed by atoms with Crippen LogP contribution in [0.2, 0.25) is 0 Å². The number of anilines is 1. The Labute approximate surface area is 115 Å². The lowest BCUT2D eigenvalue weighted by molar-refractivity contribution is -0.138. The summed E-state index contributed by atoms with van der Waals surface area (Å²) in [5.41, 5.74) is 5.74. The Bertz CT molecular complexity index is 567. The summed E-state index contributed by atoms with van der Waals surface area (Å²) in [6, 6.07) is 13.0. The molecular formula is C15H14F3NO. The first kappa shape index (κ1) is 14.4. The van der Waals surface area contributed by atoms with E-state index in [1.165, 1.54) is 12.1 Å². The number of nitrogen functional groups attached to an aromatic ring is 1. The van der Waals surface area contributed by atoms with E-state index in [1.54, 1.807) is 0 Å². The molecule has 106 valence electrons. The molecule has 0 fully saturated rings. The Morgan fingerprint density at radius 3 is 2.30 bits per heavy atom. The minimum absolute atomic E-state index is 0.0858. The van der Waals surface area contributed by atoms with Crippen molar-refractivity contribution in [3.63, 3.8) is 0 Å². The van der Waals surface area contributed by atoms with Crippen molar-refractivity contribution in [2.24, 2.45) is 0 Å². The number of alkyl halides is 3. The highest BCUT2D eigenvalue weighted by molar-refractivity contribution is 5.45. The number of hydrogen-bond acceptors (Lipinski definition) is 2. The molecule has 0 aliphatic carbocycles. The molecule has 0 heterocycles. The molecule has 2 aromatic carbocycles. The standard InChI is InChI=1S/C15H14F3NO/c16-15(17,18)14-8-13(19)7-6-12(14)10-20-9-11-4-2-1-3-5-11/h1-8H,9-10,19H2.